The van der Waals surface area contributed by atoms with Crippen molar-refractivity contribution in [2.45, 2.75) is 46.1 Å². The first-order valence-electron chi connectivity index (χ1n) is 8.10. The lowest BCUT2D eigenvalue weighted by Gasteiger charge is -2.23. The second-order valence-electron chi connectivity index (χ2n) is 6.60. The summed E-state index contributed by atoms with van der Waals surface area (Å²) in [6, 6.07) is 3.61. The van der Waals surface area contributed by atoms with Gasteiger partial charge in [0.25, 0.3) is 0 Å². The molecule has 0 saturated heterocycles. The van der Waals surface area contributed by atoms with E-state index in [-0.39, 0.29) is 23.5 Å². The fourth-order valence-corrected chi connectivity index (χ4v) is 3.12. The van der Waals surface area contributed by atoms with Crippen LogP contribution in [0.25, 0.3) is 0 Å². The van der Waals surface area contributed by atoms with Crippen LogP contribution in [-0.2, 0) is 17.8 Å². The number of phenolic OH excluding ortho intramolecular Hbond substituents is 1. The molecule has 122 valence electrons. The summed E-state index contributed by atoms with van der Waals surface area (Å²) in [6.07, 6.45) is 5.24. The van der Waals surface area contributed by atoms with Crippen molar-refractivity contribution in [3.05, 3.63) is 41.5 Å². The van der Waals surface area contributed by atoms with Crippen molar-refractivity contribution in [3.63, 3.8) is 0 Å². The van der Waals surface area contributed by atoms with Crippen LogP contribution in [0.2, 0.25) is 0 Å². The highest BCUT2D eigenvalue weighted by atomic mass is 16.3. The molecule has 1 aromatic heterocycles. The van der Waals surface area contributed by atoms with Crippen LogP contribution >= 0.6 is 0 Å². The largest absolute Gasteiger partial charge is 0.508 e. The van der Waals surface area contributed by atoms with Crippen molar-refractivity contribution in [1.29, 1.82) is 0 Å². The molecular formula is C18H23N3O2. The first-order valence-corrected chi connectivity index (χ1v) is 8.10. The maximum Gasteiger partial charge on any atom is 0.228 e. The lowest BCUT2D eigenvalue weighted by atomic mass is 9.95. The molecule has 0 fully saturated rings. The van der Waals surface area contributed by atoms with Crippen LogP contribution in [0.3, 0.4) is 0 Å². The molecule has 23 heavy (non-hydrogen) atoms. The van der Waals surface area contributed by atoms with Crippen molar-refractivity contribution in [1.82, 2.24) is 9.55 Å². The van der Waals surface area contributed by atoms with Gasteiger partial charge in [0.1, 0.15) is 11.6 Å². The Labute approximate surface area is 136 Å². The molecule has 0 saturated carbocycles. The first-order chi connectivity index (χ1) is 11.0. The fraction of sp³-hybridized carbons (Fsp3) is 0.444. The van der Waals surface area contributed by atoms with Gasteiger partial charge in [-0.05, 0) is 42.5 Å². The predicted molar refractivity (Wildman–Crippen MR) is 89.6 cm³/mol. The zero-order valence-electron chi connectivity index (χ0n) is 13.8. The van der Waals surface area contributed by atoms with Gasteiger partial charge in [-0.15, -0.1) is 0 Å². The number of benzene rings is 1. The highest BCUT2D eigenvalue weighted by molar-refractivity contribution is 5.93. The minimum atomic E-state index is -0.0550. The van der Waals surface area contributed by atoms with Crippen LogP contribution in [0.4, 0.5) is 5.69 Å². The summed E-state index contributed by atoms with van der Waals surface area (Å²) in [5, 5.41) is 13.1. The topological polar surface area (TPSA) is 67.2 Å². The molecule has 1 amide bonds. The molecule has 0 unspecified atom stereocenters. The number of fused-ring (bicyclic) bond motifs is 1. The summed E-state index contributed by atoms with van der Waals surface area (Å²) < 4.78 is 2.10. The number of phenols is 1. The van der Waals surface area contributed by atoms with Gasteiger partial charge in [-0.25, -0.2) is 4.98 Å². The summed E-state index contributed by atoms with van der Waals surface area (Å²) in [4.78, 5) is 16.9. The Hall–Kier alpha value is -2.30. The number of carbonyl (C=O) groups excluding carboxylic acids is 1. The Morgan fingerprint density at radius 2 is 2.22 bits per heavy atom. The van der Waals surface area contributed by atoms with E-state index in [1.807, 2.05) is 33.0 Å². The number of nitrogens with one attached hydrogen (secondary N) is 1. The number of carbonyl (C=O) groups is 1. The second kappa shape index (κ2) is 6.07. The third kappa shape index (κ3) is 3.09. The molecule has 1 aromatic carbocycles. The summed E-state index contributed by atoms with van der Waals surface area (Å²) in [5.74, 6) is 1.44. The van der Waals surface area contributed by atoms with Crippen LogP contribution in [0.1, 0.15) is 43.1 Å². The molecule has 0 spiro atoms. The number of aryl methyl sites for hydroxylation is 2. The van der Waals surface area contributed by atoms with Gasteiger partial charge in [0.2, 0.25) is 5.91 Å². The minimum absolute atomic E-state index is 0.0303. The van der Waals surface area contributed by atoms with Crippen molar-refractivity contribution in [2.24, 2.45) is 5.92 Å². The van der Waals surface area contributed by atoms with Crippen LogP contribution in [0.15, 0.2) is 24.5 Å². The van der Waals surface area contributed by atoms with E-state index in [9.17, 15) is 9.90 Å². The molecule has 1 atom stereocenters. The quantitative estimate of drug-likeness (QED) is 0.855. The molecule has 5 heteroatoms. The van der Waals surface area contributed by atoms with Crippen LogP contribution < -0.4 is 5.32 Å². The number of hydrogen-bond donors (Lipinski definition) is 2. The number of aromatic hydroxyl groups is 1. The molecular weight excluding hydrogens is 290 g/mol. The Bertz CT molecular complexity index is 734. The van der Waals surface area contributed by atoms with E-state index in [1.54, 1.807) is 12.3 Å². The maximum absolute atomic E-state index is 12.6. The number of rotatable bonds is 3. The second-order valence-corrected chi connectivity index (χ2v) is 6.60. The standard InChI is InChI=1S/C18H23N3O2/c1-11(2)14-10-15(12(3)8-16(14)22)20-18(23)13-4-6-21-7-5-19-17(21)9-13/h5,7-8,10-11,13,22H,4,6,9H2,1-3H3,(H,20,23)/t13-/m1/s1. The Morgan fingerprint density at radius 1 is 1.43 bits per heavy atom. The monoisotopic (exact) mass is 313 g/mol. The SMILES string of the molecule is Cc1cc(O)c(C(C)C)cc1NC(=O)[C@@H]1CCn2ccnc2C1. The molecule has 5 nitrogen and oxygen atoms in total. The van der Waals surface area contributed by atoms with Crippen molar-refractivity contribution >= 4 is 11.6 Å². The van der Waals surface area contributed by atoms with Gasteiger partial charge in [-0.3, -0.25) is 4.79 Å². The Morgan fingerprint density at radius 3 is 2.96 bits per heavy atom. The van der Waals surface area contributed by atoms with E-state index in [2.05, 4.69) is 14.9 Å². The van der Waals surface area contributed by atoms with Crippen LogP contribution in [0, 0.1) is 12.8 Å². The third-order valence-electron chi connectivity index (χ3n) is 4.57. The van der Waals surface area contributed by atoms with E-state index < -0.39 is 0 Å². The van der Waals surface area contributed by atoms with Crippen molar-refractivity contribution < 1.29 is 9.90 Å². The van der Waals surface area contributed by atoms with E-state index in [0.717, 1.165) is 35.6 Å². The Balaban J connectivity index is 1.77. The highest BCUT2D eigenvalue weighted by Crippen LogP contribution is 2.31. The molecule has 2 aromatic rings. The van der Waals surface area contributed by atoms with Gasteiger partial charge < -0.3 is 15.0 Å². The lowest BCUT2D eigenvalue weighted by molar-refractivity contribution is -0.120. The minimum Gasteiger partial charge on any atom is -0.508 e. The van der Waals surface area contributed by atoms with E-state index in [0.29, 0.717) is 6.42 Å². The molecule has 1 aliphatic heterocycles. The van der Waals surface area contributed by atoms with Gasteiger partial charge in [-0.1, -0.05) is 13.8 Å². The summed E-state index contributed by atoms with van der Waals surface area (Å²) in [6.45, 7) is 6.78. The molecule has 2 N–H and O–H groups in total. The number of nitrogens with zero attached hydrogens (tertiary/aromatic N) is 2. The molecule has 0 aliphatic carbocycles. The van der Waals surface area contributed by atoms with Gasteiger partial charge in [-0.2, -0.15) is 0 Å². The van der Waals surface area contributed by atoms with E-state index >= 15 is 0 Å². The van der Waals surface area contributed by atoms with Gasteiger partial charge >= 0.3 is 0 Å². The van der Waals surface area contributed by atoms with Crippen LogP contribution in [-0.4, -0.2) is 20.6 Å². The van der Waals surface area contributed by atoms with Crippen molar-refractivity contribution in [2.75, 3.05) is 5.32 Å². The normalized spacial score (nSPS) is 17.1. The first kappa shape index (κ1) is 15.6. The van der Waals surface area contributed by atoms with Crippen LogP contribution in [0.5, 0.6) is 5.75 Å². The zero-order chi connectivity index (χ0) is 16.6. The molecule has 0 bridgehead atoms. The predicted octanol–water partition coefficient (Wildman–Crippen LogP) is 3.22. The number of hydrogen-bond acceptors (Lipinski definition) is 3. The smallest absolute Gasteiger partial charge is 0.228 e. The van der Waals surface area contributed by atoms with Gasteiger partial charge in [0.05, 0.1) is 0 Å². The summed E-state index contributed by atoms with van der Waals surface area (Å²) in [7, 11) is 0. The van der Waals surface area contributed by atoms with E-state index in [4.69, 9.17) is 0 Å². The molecule has 0 radical (unpaired) electrons. The highest BCUT2D eigenvalue weighted by Gasteiger charge is 2.26. The number of amides is 1. The van der Waals surface area contributed by atoms with Crippen molar-refractivity contribution in [3.8, 4) is 5.75 Å². The molecule has 2 heterocycles. The average Bonchev–Trinajstić information content (AvgIpc) is 2.96. The van der Waals surface area contributed by atoms with E-state index in [1.165, 1.54) is 0 Å². The third-order valence-corrected chi connectivity index (χ3v) is 4.57. The fourth-order valence-electron chi connectivity index (χ4n) is 3.12. The molecule has 1 aliphatic rings. The number of anilines is 1. The Kier molecular flexibility index (Phi) is 4.11. The average molecular weight is 313 g/mol. The number of aromatic nitrogens is 2. The molecule has 3 rings (SSSR count). The number of imidazole rings is 1. The van der Waals surface area contributed by atoms with Gasteiger partial charge in [0.15, 0.2) is 0 Å². The van der Waals surface area contributed by atoms with Gasteiger partial charge in [0, 0.05) is 37.0 Å². The lowest BCUT2D eigenvalue weighted by Crippen LogP contribution is -2.30. The zero-order valence-corrected chi connectivity index (χ0v) is 13.8. The summed E-state index contributed by atoms with van der Waals surface area (Å²) >= 11 is 0. The summed E-state index contributed by atoms with van der Waals surface area (Å²) in [5.41, 5.74) is 2.51. The maximum atomic E-state index is 12.6.